The van der Waals surface area contributed by atoms with E-state index in [1.54, 1.807) is 0 Å². The van der Waals surface area contributed by atoms with E-state index in [1.807, 2.05) is 72.8 Å². The van der Waals surface area contributed by atoms with Crippen LogP contribution in [0.25, 0.3) is 55.9 Å². The molecule has 42 heavy (non-hydrogen) atoms. The van der Waals surface area contributed by atoms with Crippen LogP contribution in [0, 0.1) is 5.92 Å². The summed E-state index contributed by atoms with van der Waals surface area (Å²) >= 11 is 6.61. The van der Waals surface area contributed by atoms with Gasteiger partial charge < -0.3 is 4.42 Å². The predicted molar refractivity (Wildman–Crippen MR) is 171 cm³/mol. The molecule has 1 unspecified atom stereocenters. The van der Waals surface area contributed by atoms with Gasteiger partial charge in [-0.1, -0.05) is 115 Å². The van der Waals surface area contributed by atoms with Gasteiger partial charge in [0.2, 0.25) is 0 Å². The maximum atomic E-state index is 6.61. The van der Waals surface area contributed by atoms with E-state index in [4.69, 9.17) is 31.0 Å². The van der Waals surface area contributed by atoms with E-state index < -0.39 is 0 Å². The lowest BCUT2D eigenvalue weighted by Gasteiger charge is -2.23. The molecule has 2 heterocycles. The molecule has 0 fully saturated rings. The third-order valence-corrected chi connectivity index (χ3v) is 8.22. The van der Waals surface area contributed by atoms with Crippen LogP contribution < -0.4 is 0 Å². The monoisotopic (exact) mass is 561 g/mol. The molecular formula is C37H24ClN3O. The molecule has 0 saturated carbocycles. The van der Waals surface area contributed by atoms with Crippen LogP contribution in [0.5, 0.6) is 0 Å². The van der Waals surface area contributed by atoms with Crippen LogP contribution in [-0.2, 0) is 0 Å². The third kappa shape index (κ3) is 4.28. The van der Waals surface area contributed by atoms with E-state index in [2.05, 4.69) is 54.6 Å². The van der Waals surface area contributed by atoms with E-state index in [9.17, 15) is 0 Å². The second-order valence-electron chi connectivity index (χ2n) is 10.5. The molecule has 0 aliphatic heterocycles. The topological polar surface area (TPSA) is 51.8 Å². The molecule has 8 rings (SSSR count). The first-order chi connectivity index (χ1) is 20.7. The molecule has 0 N–H and O–H groups in total. The molecule has 0 saturated heterocycles. The highest BCUT2D eigenvalue weighted by Crippen LogP contribution is 2.40. The smallest absolute Gasteiger partial charge is 0.164 e. The minimum atomic E-state index is 0.337. The minimum absolute atomic E-state index is 0.337. The molecule has 2 aliphatic rings. The fourth-order valence-electron chi connectivity index (χ4n) is 5.81. The van der Waals surface area contributed by atoms with Crippen LogP contribution in [0.3, 0.4) is 0 Å². The van der Waals surface area contributed by atoms with Crippen molar-refractivity contribution in [1.29, 1.82) is 0 Å². The van der Waals surface area contributed by atoms with E-state index in [0.717, 1.165) is 39.5 Å². The molecule has 5 heteroatoms. The Morgan fingerprint density at radius 3 is 2.21 bits per heavy atom. The quantitative estimate of drug-likeness (QED) is 0.215. The summed E-state index contributed by atoms with van der Waals surface area (Å²) < 4.78 is 6.18. The summed E-state index contributed by atoms with van der Waals surface area (Å²) in [5.74, 6) is 2.18. The first kappa shape index (κ1) is 24.7. The van der Waals surface area contributed by atoms with Crippen molar-refractivity contribution < 1.29 is 4.42 Å². The van der Waals surface area contributed by atoms with Crippen molar-refractivity contribution in [2.45, 2.75) is 6.42 Å². The number of para-hydroxylation sites is 1. The molecule has 0 amide bonds. The molecule has 0 spiro atoms. The fraction of sp³-hybridized carbons (Fsp3) is 0.0541. The third-order valence-electron chi connectivity index (χ3n) is 7.92. The number of hydrogen-bond acceptors (Lipinski definition) is 4. The van der Waals surface area contributed by atoms with E-state index >= 15 is 0 Å². The van der Waals surface area contributed by atoms with Gasteiger partial charge in [-0.05, 0) is 47.4 Å². The second kappa shape index (κ2) is 10.1. The number of halogens is 1. The van der Waals surface area contributed by atoms with Crippen LogP contribution in [0.4, 0.5) is 0 Å². The van der Waals surface area contributed by atoms with Crippen LogP contribution in [0.2, 0.25) is 5.02 Å². The normalized spacial score (nSPS) is 16.2. The zero-order valence-electron chi connectivity index (χ0n) is 22.5. The van der Waals surface area contributed by atoms with Gasteiger partial charge in [-0.3, -0.25) is 0 Å². The van der Waals surface area contributed by atoms with Crippen molar-refractivity contribution in [3.8, 4) is 22.8 Å². The van der Waals surface area contributed by atoms with Gasteiger partial charge in [-0.2, -0.15) is 0 Å². The van der Waals surface area contributed by atoms with Crippen molar-refractivity contribution in [3.05, 3.63) is 149 Å². The highest BCUT2D eigenvalue weighted by Gasteiger charge is 2.23. The van der Waals surface area contributed by atoms with Crippen LogP contribution >= 0.6 is 11.6 Å². The Labute approximate surface area is 248 Å². The Morgan fingerprint density at radius 2 is 1.38 bits per heavy atom. The number of rotatable bonds is 4. The Kier molecular flexibility index (Phi) is 5.94. The van der Waals surface area contributed by atoms with Crippen LogP contribution in [0.15, 0.2) is 137 Å². The van der Waals surface area contributed by atoms with Crippen LogP contribution in [0.1, 0.15) is 17.8 Å². The zero-order chi connectivity index (χ0) is 28.0. The first-order valence-corrected chi connectivity index (χ1v) is 14.4. The minimum Gasteiger partial charge on any atom is -0.454 e. The molecule has 1 atom stereocenters. The van der Waals surface area contributed by atoms with Crippen molar-refractivity contribution in [3.63, 3.8) is 0 Å². The Hall–Kier alpha value is -5.06. The lowest BCUT2D eigenvalue weighted by atomic mass is 9.82. The molecule has 0 bridgehead atoms. The van der Waals surface area contributed by atoms with Crippen molar-refractivity contribution in [2.75, 3.05) is 0 Å². The summed E-state index contributed by atoms with van der Waals surface area (Å²) in [6.07, 6.45) is 12.1. The highest BCUT2D eigenvalue weighted by atomic mass is 35.5. The van der Waals surface area contributed by atoms with E-state index in [1.165, 1.54) is 16.7 Å². The number of fused-ring (bicyclic) bond motifs is 4. The lowest BCUT2D eigenvalue weighted by Crippen LogP contribution is -2.09. The Morgan fingerprint density at radius 1 is 0.667 bits per heavy atom. The summed E-state index contributed by atoms with van der Waals surface area (Å²) in [4.78, 5) is 15.1. The molecule has 2 aromatic heterocycles. The number of aromatic nitrogens is 3. The molecule has 0 radical (unpaired) electrons. The highest BCUT2D eigenvalue weighted by molar-refractivity contribution is 6.36. The van der Waals surface area contributed by atoms with Gasteiger partial charge in [0.05, 0.1) is 5.02 Å². The average molecular weight is 562 g/mol. The number of allylic oxidation sites excluding steroid dienone is 8. The predicted octanol–water partition coefficient (Wildman–Crippen LogP) is 9.74. The molecule has 200 valence electrons. The van der Waals surface area contributed by atoms with Gasteiger partial charge in [0, 0.05) is 33.4 Å². The summed E-state index contributed by atoms with van der Waals surface area (Å²) in [5, 5.41) is 2.43. The van der Waals surface area contributed by atoms with Crippen molar-refractivity contribution >= 4 is 44.7 Å². The average Bonchev–Trinajstić information content (AvgIpc) is 3.46. The molecule has 4 nitrogen and oxygen atoms in total. The lowest BCUT2D eigenvalue weighted by molar-refractivity contribution is 0.669. The Bertz CT molecular complexity index is 2120. The van der Waals surface area contributed by atoms with Crippen molar-refractivity contribution in [2.24, 2.45) is 5.92 Å². The van der Waals surface area contributed by atoms with Gasteiger partial charge >= 0.3 is 0 Å². The summed E-state index contributed by atoms with van der Waals surface area (Å²) in [7, 11) is 0. The molecule has 2 aliphatic carbocycles. The second-order valence-corrected chi connectivity index (χ2v) is 10.9. The van der Waals surface area contributed by atoms with Crippen molar-refractivity contribution in [1.82, 2.24) is 15.0 Å². The summed E-state index contributed by atoms with van der Waals surface area (Å²) in [6, 6.07) is 32.3. The van der Waals surface area contributed by atoms with Gasteiger partial charge in [-0.15, -0.1) is 0 Å². The van der Waals surface area contributed by atoms with E-state index in [-0.39, 0.29) is 0 Å². The largest absolute Gasteiger partial charge is 0.454 e. The van der Waals surface area contributed by atoms with Gasteiger partial charge in [0.25, 0.3) is 0 Å². The number of nitrogens with zero attached hydrogens (tertiary/aromatic N) is 3. The number of benzene rings is 4. The maximum Gasteiger partial charge on any atom is 0.164 e. The van der Waals surface area contributed by atoms with Gasteiger partial charge in [-0.25, -0.2) is 15.0 Å². The summed E-state index contributed by atoms with van der Waals surface area (Å²) in [5.41, 5.74) is 7.85. The molecule has 4 aromatic carbocycles. The number of hydrogen-bond donors (Lipinski definition) is 0. The number of furan rings is 1. The maximum absolute atomic E-state index is 6.61. The van der Waals surface area contributed by atoms with E-state index in [0.29, 0.717) is 34.0 Å². The zero-order valence-corrected chi connectivity index (χ0v) is 23.3. The standard InChI is InChI=1S/C37H24ClN3O/c38-31-20-19-30(33-29-13-7-8-14-32(29)42-34(31)33)37-40-35(25-11-5-2-6-12-25)39-36(41-37)27-18-16-24-15-17-26(21-28(24)22-27)23-9-3-1-4-10-23/h1-15,17-22,24H,16H2. The first-order valence-electron chi connectivity index (χ1n) is 14.0. The molecule has 6 aromatic rings. The van der Waals surface area contributed by atoms with Crippen LogP contribution in [-0.4, -0.2) is 15.0 Å². The fourth-order valence-corrected chi connectivity index (χ4v) is 6.01. The Balaban J connectivity index is 1.30. The SMILES string of the molecule is Clc1ccc(-c2nc(C3=CCC4C=CC(c5ccccc5)=CC4=C3)nc(-c3ccccc3)n2)c2c1oc1ccccc12. The van der Waals surface area contributed by atoms with Gasteiger partial charge in [0.15, 0.2) is 23.1 Å². The molecular weight excluding hydrogens is 538 g/mol. The van der Waals surface area contributed by atoms with Gasteiger partial charge in [0.1, 0.15) is 5.58 Å². The summed E-state index contributed by atoms with van der Waals surface area (Å²) in [6.45, 7) is 0.